The van der Waals surface area contributed by atoms with Crippen molar-refractivity contribution in [1.82, 2.24) is 0 Å². The first-order valence-corrected chi connectivity index (χ1v) is 46.2. The summed E-state index contributed by atoms with van der Waals surface area (Å²) in [6, 6.07) is 7.32. The van der Waals surface area contributed by atoms with Gasteiger partial charge in [0.1, 0.15) is 29.6 Å². The molecule has 0 spiro atoms. The Labute approximate surface area is 676 Å². The number of ether oxygens (including phenoxy) is 1. The number of rotatable bonds is 46. The number of aliphatic hydroxyl groups is 2. The number of unbranched alkanes of at least 4 members (excludes halogenated alkanes) is 12. The van der Waals surface area contributed by atoms with E-state index in [0.29, 0.717) is 112 Å². The molecule has 0 saturated heterocycles. The summed E-state index contributed by atoms with van der Waals surface area (Å²) in [5.41, 5.74) is -4.04. The molecule has 2 atom stereocenters. The molecule has 2 unspecified atom stereocenters. The number of quaternary nitrogens is 3. The van der Waals surface area contributed by atoms with Crippen molar-refractivity contribution in [2.45, 2.75) is 382 Å². The molecule has 0 radical (unpaired) electrons. The number of hydrogen-bond donors (Lipinski definition) is 2. The molecule has 12 bridgehead atoms. The zero-order valence-electron chi connectivity index (χ0n) is 72.6. The van der Waals surface area contributed by atoms with Crippen LogP contribution in [0.1, 0.15) is 358 Å². The van der Waals surface area contributed by atoms with Gasteiger partial charge in [-0.2, -0.15) is 26.3 Å². The second-order valence-corrected chi connectivity index (χ2v) is 37.8. The minimum absolute atomic E-state index is 0.0419. The molecule has 12 aliphatic carbocycles. The second kappa shape index (κ2) is 47.3. The molecule has 12 aliphatic rings. The first-order chi connectivity index (χ1) is 53.2. The van der Waals surface area contributed by atoms with Gasteiger partial charge in [-0.3, -0.25) is 4.79 Å². The molecule has 13 nitrogen and oxygen atoms in total. The minimum Gasteiger partial charge on any atom is -0.544 e. The van der Waals surface area contributed by atoms with Crippen LogP contribution in [0.4, 0.5) is 26.3 Å². The van der Waals surface area contributed by atoms with Gasteiger partial charge in [0, 0.05) is 5.41 Å². The van der Waals surface area contributed by atoms with Gasteiger partial charge in [-0.1, -0.05) is 190 Å². The maximum atomic E-state index is 14.3. The number of nitrogens with zero attached hydrogens (tertiary/aromatic N) is 3. The van der Waals surface area contributed by atoms with Crippen LogP contribution >= 0.6 is 0 Å². The van der Waals surface area contributed by atoms with E-state index in [1.54, 1.807) is 6.07 Å². The Kier molecular flexibility index (Phi) is 41.8. The highest BCUT2D eigenvalue weighted by Gasteiger charge is 2.68. The summed E-state index contributed by atoms with van der Waals surface area (Å²) in [6.45, 7) is 45.1. The Balaban J connectivity index is 0.000000243. The number of alkyl halides is 6. The number of carboxylic acid groups (broad SMARTS) is 3. The van der Waals surface area contributed by atoms with Crippen LogP contribution in [0.3, 0.4) is 0 Å². The molecule has 0 heterocycles. The molecule has 650 valence electrons. The Bertz CT molecular complexity index is 2550. The summed E-state index contributed by atoms with van der Waals surface area (Å²) < 4.78 is 92.7. The summed E-state index contributed by atoms with van der Waals surface area (Å²) >= 11 is 0. The van der Waals surface area contributed by atoms with Crippen LogP contribution in [-0.4, -0.2) is 156 Å². The van der Waals surface area contributed by atoms with Crippen molar-refractivity contribution >= 4 is 23.9 Å². The normalized spacial score (nSPS) is 27.7. The lowest BCUT2D eigenvalue weighted by Gasteiger charge is -2.60. The van der Waals surface area contributed by atoms with Crippen LogP contribution < -0.4 is 15.3 Å². The molecule has 12 saturated carbocycles. The van der Waals surface area contributed by atoms with Gasteiger partial charge >= 0.3 is 23.7 Å². The Morgan fingerprint density at radius 3 is 0.857 bits per heavy atom. The molecule has 1 aromatic rings. The van der Waals surface area contributed by atoms with Gasteiger partial charge in [0.15, 0.2) is 6.10 Å². The number of esters is 1. The topological polar surface area (TPSA) is 187 Å². The van der Waals surface area contributed by atoms with Crippen LogP contribution in [0.15, 0.2) is 30.3 Å². The van der Waals surface area contributed by atoms with Gasteiger partial charge in [-0.15, -0.1) is 0 Å². The van der Waals surface area contributed by atoms with Gasteiger partial charge in [-0.05, 0) is 251 Å². The minimum atomic E-state index is -4.29. The number of carbonyl (C=O) groups is 4. The fourth-order valence-corrected chi connectivity index (χ4v) is 23.2. The molecule has 19 heteroatoms. The smallest absolute Gasteiger partial charge is 0.327 e. The molecule has 0 aliphatic heterocycles. The Morgan fingerprint density at radius 1 is 0.384 bits per heavy atom. The third kappa shape index (κ3) is 27.0. The Morgan fingerprint density at radius 2 is 0.625 bits per heavy atom. The van der Waals surface area contributed by atoms with E-state index >= 15 is 0 Å². The number of benzene rings is 1. The zero-order chi connectivity index (χ0) is 83.0. The average molecular weight is 1600 g/mol. The highest BCUT2D eigenvalue weighted by atomic mass is 19.3. The number of carbonyl (C=O) groups excluding carboxylic acids is 4. The van der Waals surface area contributed by atoms with Crippen molar-refractivity contribution in [3.63, 3.8) is 0 Å². The third-order valence-corrected chi connectivity index (χ3v) is 28.7. The lowest BCUT2D eigenvalue weighted by molar-refractivity contribution is -0.929. The van der Waals surface area contributed by atoms with Gasteiger partial charge in [0.05, 0.1) is 84.0 Å². The maximum absolute atomic E-state index is 14.3. The first-order valence-electron chi connectivity index (χ1n) is 46.2. The van der Waals surface area contributed by atoms with Gasteiger partial charge in [0.2, 0.25) is 0 Å². The SMILES string of the molecule is CCCC[N+](CCCC)(CCCC)CCCC.CCCC[N+](CCCC)(CCCC)CCCC.CCCC[N+](CCCC)(CCCC)CCCC.O=C(OC(c1ccccc1)C(F)(F)C(=O)[O-])C12CC3CC(CC(C3)C1)C2.O=C([O-])C(F)(F)C(O)C12CC3CC(CC(C3)C1)C2.O=C([O-])C(F)(F)C1(O)C2CC3CC(C2)CC1C3. The zero-order valence-corrected chi connectivity index (χ0v) is 72.6. The third-order valence-electron chi connectivity index (χ3n) is 28.7. The van der Waals surface area contributed by atoms with Crippen LogP contribution in [0, 0.1) is 70.0 Å². The molecule has 0 amide bonds. The lowest BCUT2D eigenvalue weighted by atomic mass is 9.47. The summed E-state index contributed by atoms with van der Waals surface area (Å²) in [5.74, 6) is -18.5. The number of carboxylic acids is 3. The average Bonchev–Trinajstić information content (AvgIpc) is 0.712. The molecular formula is C93H161F6N3O10. The first kappa shape index (κ1) is 99.0. The maximum Gasteiger partial charge on any atom is 0.327 e. The Hall–Kier alpha value is -3.52. The standard InChI is InChI=1S/C20H22F2O4.3C16H36N.C13H18F2O3.C12H16F2O3/c21-20(22,17(23)24)16(15-4-2-1-3-5-15)26-18(25)19-9-12-6-13(10-19)8-14(7-12)11-19;3*1-5-9-13-17(14-10-6-2,15-11-7-3)16-12-8-4;14-13(15,11(17)18)10(16)12-4-7-1-8(5-12)3-9(2-7)6-12;13-12(14,10(15)16)11(17)8-2-6-1-7(4-8)5-9(11)3-6/h1-5,12-14,16H,6-11H2,(H,23,24);3*5-16H2,1-4H3;7-10,16H,1-6H2,(H,17,18);6-9,17H,1-5H2,(H,15,16)/q;3*+1;;/p-3. The quantitative estimate of drug-likeness (QED) is 0.0361. The molecule has 2 N–H and O–H groups in total. The lowest BCUT2D eigenvalue weighted by Crippen LogP contribution is -2.70. The van der Waals surface area contributed by atoms with E-state index in [1.165, 1.54) is 270 Å². The summed E-state index contributed by atoms with van der Waals surface area (Å²) in [4.78, 5) is 45.2. The van der Waals surface area contributed by atoms with Gasteiger partial charge < -0.3 is 58.1 Å². The molecule has 1 aromatic carbocycles. The molecular weight excluding hydrogens is 1430 g/mol. The fourth-order valence-electron chi connectivity index (χ4n) is 23.2. The van der Waals surface area contributed by atoms with Crippen molar-refractivity contribution < 1.29 is 89.2 Å². The van der Waals surface area contributed by atoms with Crippen molar-refractivity contribution in [3.05, 3.63) is 35.9 Å². The van der Waals surface area contributed by atoms with Gasteiger partial charge in [-0.25, -0.2) is 0 Å². The number of aliphatic carboxylic acids is 3. The largest absolute Gasteiger partial charge is 0.544 e. The summed E-state index contributed by atoms with van der Waals surface area (Å²) in [7, 11) is 0. The van der Waals surface area contributed by atoms with E-state index in [4.69, 9.17) is 4.74 Å². The van der Waals surface area contributed by atoms with Crippen LogP contribution in [-0.2, 0) is 23.9 Å². The number of halogens is 6. The predicted molar refractivity (Wildman–Crippen MR) is 432 cm³/mol. The van der Waals surface area contributed by atoms with Crippen molar-refractivity contribution in [2.24, 2.45) is 70.0 Å². The second-order valence-electron chi connectivity index (χ2n) is 37.8. The highest BCUT2D eigenvalue weighted by molar-refractivity contribution is 5.80. The van der Waals surface area contributed by atoms with Crippen molar-refractivity contribution in [2.75, 3.05) is 78.5 Å². The number of aliphatic hydroxyl groups excluding tert-OH is 1. The molecule has 112 heavy (non-hydrogen) atoms. The van der Waals surface area contributed by atoms with Crippen molar-refractivity contribution in [3.8, 4) is 0 Å². The number of hydrogen-bond acceptors (Lipinski definition) is 10. The van der Waals surface area contributed by atoms with Crippen LogP contribution in [0.25, 0.3) is 0 Å². The van der Waals surface area contributed by atoms with E-state index in [2.05, 4.69) is 83.1 Å². The summed E-state index contributed by atoms with van der Waals surface area (Å²) in [5, 5.41) is 52.4. The van der Waals surface area contributed by atoms with E-state index in [0.717, 1.165) is 44.9 Å². The molecule has 0 aromatic heterocycles. The van der Waals surface area contributed by atoms with E-state index < -0.39 is 82.1 Å². The highest BCUT2D eigenvalue weighted by Crippen LogP contribution is 2.65. The van der Waals surface area contributed by atoms with Crippen molar-refractivity contribution in [1.29, 1.82) is 0 Å². The van der Waals surface area contributed by atoms with Crippen LogP contribution in [0.2, 0.25) is 0 Å². The predicted octanol–water partition coefficient (Wildman–Crippen LogP) is 19.4. The fraction of sp³-hybridized carbons (Fsp3) is 0.892. The van der Waals surface area contributed by atoms with E-state index in [1.807, 2.05) is 0 Å². The van der Waals surface area contributed by atoms with Crippen LogP contribution in [0.5, 0.6) is 0 Å². The molecule has 13 rings (SSSR count). The van der Waals surface area contributed by atoms with E-state index in [9.17, 15) is 71.1 Å². The monoisotopic (exact) mass is 1590 g/mol. The molecule has 12 fully saturated rings. The van der Waals surface area contributed by atoms with E-state index in [-0.39, 0.29) is 5.56 Å². The summed E-state index contributed by atoms with van der Waals surface area (Å²) in [6.07, 6.45) is 42.2. The van der Waals surface area contributed by atoms with Gasteiger partial charge in [0.25, 0.3) is 0 Å².